The minimum absolute atomic E-state index is 0.0210. The molecular formula is C22H17ClF2N4O2S. The predicted octanol–water partition coefficient (Wildman–Crippen LogP) is 5.36. The first kappa shape index (κ1) is 22.0. The highest BCUT2D eigenvalue weighted by Gasteiger charge is 2.44. The molecule has 32 heavy (non-hydrogen) atoms. The summed E-state index contributed by atoms with van der Waals surface area (Å²) in [6.45, 7) is 3.14. The van der Waals surface area contributed by atoms with E-state index < -0.39 is 23.0 Å². The van der Waals surface area contributed by atoms with E-state index >= 15 is 4.39 Å². The van der Waals surface area contributed by atoms with E-state index in [4.69, 9.17) is 22.1 Å². The molecule has 0 unspecified atom stereocenters. The molecule has 1 aliphatic rings. The van der Waals surface area contributed by atoms with Gasteiger partial charge in [0.2, 0.25) is 11.7 Å². The summed E-state index contributed by atoms with van der Waals surface area (Å²) >= 11 is 7.12. The summed E-state index contributed by atoms with van der Waals surface area (Å²) in [6, 6.07) is 10.3. The summed E-state index contributed by atoms with van der Waals surface area (Å²) < 4.78 is 38.1. The Kier molecular flexibility index (Phi) is 5.79. The molecule has 0 radical (unpaired) electrons. The number of ether oxygens (including phenoxy) is 1. The number of hydrogen-bond donors (Lipinski definition) is 2. The average molecular weight is 475 g/mol. The molecule has 0 bridgehead atoms. The number of nitrogens with two attached hydrogens (primary N) is 1. The zero-order chi connectivity index (χ0) is 23.0. The van der Waals surface area contributed by atoms with Gasteiger partial charge < -0.3 is 15.2 Å². The van der Waals surface area contributed by atoms with Crippen LogP contribution in [0.5, 0.6) is 0 Å². The van der Waals surface area contributed by atoms with Gasteiger partial charge in [-0.1, -0.05) is 23.7 Å². The number of aromatic nitrogens is 2. The molecule has 3 N–H and O–H groups in total. The molecule has 0 saturated carbocycles. The number of rotatable bonds is 5. The zero-order valence-electron chi connectivity index (χ0n) is 16.9. The second kappa shape index (κ2) is 8.40. The molecule has 2 heterocycles. The lowest BCUT2D eigenvalue weighted by molar-refractivity contribution is -0.125. The van der Waals surface area contributed by atoms with Gasteiger partial charge in [0, 0.05) is 16.8 Å². The van der Waals surface area contributed by atoms with E-state index in [-0.39, 0.29) is 44.1 Å². The molecule has 2 aromatic carbocycles. The number of nitrogens with one attached hydrogen (secondary N) is 1. The van der Waals surface area contributed by atoms with Crippen LogP contribution >= 0.6 is 23.5 Å². The fourth-order valence-corrected chi connectivity index (χ4v) is 4.06. The van der Waals surface area contributed by atoms with E-state index in [0.717, 1.165) is 11.9 Å². The fraction of sp³-hybridized carbons (Fsp3) is 0.136. The number of nitrogens with zero attached hydrogens (tertiary/aromatic N) is 2. The van der Waals surface area contributed by atoms with Crippen molar-refractivity contribution in [3.05, 3.63) is 76.6 Å². The molecule has 0 fully saturated rings. The maximum absolute atomic E-state index is 15.6. The van der Waals surface area contributed by atoms with Crippen molar-refractivity contribution < 1.29 is 18.3 Å². The Hall–Kier alpha value is -3.17. The Bertz CT molecular complexity index is 1270. The highest BCUT2D eigenvalue weighted by Crippen LogP contribution is 2.43. The SMILES string of the molecule is CC1(C)OC(c2ccnc(N)n2)=C(c2cc(Cl)cc(NSc3ccccc3F)c2F)C1=O. The van der Waals surface area contributed by atoms with E-state index in [1.54, 1.807) is 32.0 Å². The van der Waals surface area contributed by atoms with Gasteiger partial charge in [0.1, 0.15) is 11.5 Å². The van der Waals surface area contributed by atoms with Gasteiger partial charge in [-0.05, 0) is 56.1 Å². The first-order valence-electron chi connectivity index (χ1n) is 9.41. The topological polar surface area (TPSA) is 90.1 Å². The Morgan fingerprint density at radius 2 is 1.94 bits per heavy atom. The van der Waals surface area contributed by atoms with Crippen LogP contribution in [0.3, 0.4) is 0 Å². The van der Waals surface area contributed by atoms with Crippen LogP contribution in [-0.4, -0.2) is 21.4 Å². The van der Waals surface area contributed by atoms with E-state index in [1.807, 2.05) is 0 Å². The van der Waals surface area contributed by atoms with Crippen molar-refractivity contribution >= 4 is 52.3 Å². The summed E-state index contributed by atoms with van der Waals surface area (Å²) in [5.74, 6) is -1.60. The lowest BCUT2D eigenvalue weighted by Crippen LogP contribution is -2.29. The molecule has 4 rings (SSSR count). The number of benzene rings is 2. The summed E-state index contributed by atoms with van der Waals surface area (Å²) in [5.41, 5.74) is 4.54. The Morgan fingerprint density at radius 1 is 1.19 bits per heavy atom. The number of anilines is 2. The number of halogens is 3. The molecule has 0 spiro atoms. The zero-order valence-corrected chi connectivity index (χ0v) is 18.5. The monoisotopic (exact) mass is 474 g/mol. The van der Waals surface area contributed by atoms with Crippen LogP contribution in [0.4, 0.5) is 20.4 Å². The second-order valence-corrected chi connectivity index (χ2v) is 8.68. The summed E-state index contributed by atoms with van der Waals surface area (Å²) in [6.07, 6.45) is 1.41. The van der Waals surface area contributed by atoms with Crippen LogP contribution in [0.2, 0.25) is 5.02 Å². The van der Waals surface area contributed by atoms with Crippen molar-refractivity contribution in [3.8, 4) is 0 Å². The Labute approximate surface area is 192 Å². The van der Waals surface area contributed by atoms with Crippen molar-refractivity contribution in [3.63, 3.8) is 0 Å². The molecule has 0 saturated heterocycles. The van der Waals surface area contributed by atoms with Crippen LogP contribution < -0.4 is 10.5 Å². The third-order valence-electron chi connectivity index (χ3n) is 4.68. The number of Topliss-reactive ketones (excluding diaryl/α,β-unsaturated/α-hetero) is 1. The second-order valence-electron chi connectivity index (χ2n) is 7.40. The normalized spacial score (nSPS) is 15.1. The third-order valence-corrected chi connectivity index (χ3v) is 5.77. The number of carbonyl (C=O) groups excluding carboxylic acids is 1. The van der Waals surface area contributed by atoms with Crippen LogP contribution in [0.25, 0.3) is 11.3 Å². The maximum Gasteiger partial charge on any atom is 0.220 e. The summed E-state index contributed by atoms with van der Waals surface area (Å²) in [5, 5.41) is 0.171. The fourth-order valence-electron chi connectivity index (χ4n) is 3.16. The summed E-state index contributed by atoms with van der Waals surface area (Å²) in [4.78, 5) is 21.4. The largest absolute Gasteiger partial charge is 0.477 e. The highest BCUT2D eigenvalue weighted by atomic mass is 35.5. The third kappa shape index (κ3) is 4.13. The van der Waals surface area contributed by atoms with Crippen molar-refractivity contribution in [2.75, 3.05) is 10.5 Å². The van der Waals surface area contributed by atoms with Gasteiger partial charge in [-0.2, -0.15) is 0 Å². The molecule has 3 aromatic rings. The van der Waals surface area contributed by atoms with E-state index in [0.29, 0.717) is 0 Å². The van der Waals surface area contributed by atoms with Crippen LogP contribution in [0, 0.1) is 11.6 Å². The van der Waals surface area contributed by atoms with Crippen LogP contribution in [0.15, 0.2) is 53.6 Å². The smallest absolute Gasteiger partial charge is 0.220 e. The average Bonchev–Trinajstić information content (AvgIpc) is 2.98. The molecule has 6 nitrogen and oxygen atoms in total. The number of nitrogen functional groups attached to an aromatic ring is 1. The van der Waals surface area contributed by atoms with Gasteiger partial charge in [0.05, 0.1) is 16.2 Å². The Balaban J connectivity index is 1.81. The Morgan fingerprint density at radius 3 is 2.66 bits per heavy atom. The van der Waals surface area contributed by atoms with Gasteiger partial charge in [0.15, 0.2) is 17.2 Å². The van der Waals surface area contributed by atoms with Crippen molar-refractivity contribution in [2.45, 2.75) is 24.3 Å². The highest BCUT2D eigenvalue weighted by molar-refractivity contribution is 8.00. The number of carbonyl (C=O) groups is 1. The molecule has 10 heteroatoms. The minimum atomic E-state index is -1.26. The van der Waals surface area contributed by atoms with Gasteiger partial charge in [0.25, 0.3) is 0 Å². The minimum Gasteiger partial charge on any atom is -0.477 e. The van der Waals surface area contributed by atoms with Crippen molar-refractivity contribution in [1.82, 2.24) is 9.97 Å². The quantitative estimate of drug-likeness (QED) is 0.481. The first-order chi connectivity index (χ1) is 15.2. The van der Waals surface area contributed by atoms with E-state index in [9.17, 15) is 9.18 Å². The summed E-state index contributed by atoms with van der Waals surface area (Å²) in [7, 11) is 0. The van der Waals surface area contributed by atoms with Crippen LogP contribution in [-0.2, 0) is 9.53 Å². The van der Waals surface area contributed by atoms with Crippen molar-refractivity contribution in [2.24, 2.45) is 0 Å². The molecule has 0 aliphatic carbocycles. The molecule has 0 atom stereocenters. The first-order valence-corrected chi connectivity index (χ1v) is 10.6. The molecule has 1 aliphatic heterocycles. The lowest BCUT2D eigenvalue weighted by Gasteiger charge is -2.17. The van der Waals surface area contributed by atoms with E-state index in [1.165, 1.54) is 30.5 Å². The predicted molar refractivity (Wildman–Crippen MR) is 121 cm³/mol. The number of ketones is 1. The maximum atomic E-state index is 15.6. The van der Waals surface area contributed by atoms with E-state index in [2.05, 4.69) is 14.7 Å². The molecule has 0 amide bonds. The van der Waals surface area contributed by atoms with Crippen LogP contribution in [0.1, 0.15) is 25.1 Å². The van der Waals surface area contributed by atoms with Gasteiger partial charge >= 0.3 is 0 Å². The standard InChI is InChI=1S/C22H17ClF2N4O2S/c1-22(2)20(30)17(19(31-22)14-7-8-27-21(26)28-14)12-9-11(23)10-15(18(12)25)29-32-16-6-4-3-5-13(16)24/h3-10,29H,1-2H3,(H2,26,27,28). The van der Waals surface area contributed by atoms with Gasteiger partial charge in [-0.25, -0.2) is 18.7 Å². The van der Waals surface area contributed by atoms with Gasteiger partial charge in [-0.15, -0.1) is 0 Å². The van der Waals surface area contributed by atoms with Gasteiger partial charge in [-0.3, -0.25) is 4.79 Å². The lowest BCUT2D eigenvalue weighted by atomic mass is 9.92. The molecular weight excluding hydrogens is 458 g/mol. The van der Waals surface area contributed by atoms with Crippen molar-refractivity contribution in [1.29, 1.82) is 0 Å². The molecule has 1 aromatic heterocycles. The number of hydrogen-bond acceptors (Lipinski definition) is 7. The molecule has 164 valence electrons.